The number of aromatic carboxylic acids is 1. The number of benzene rings is 2. The molecule has 0 bridgehead atoms. The van der Waals surface area contributed by atoms with Crippen molar-refractivity contribution in [3.05, 3.63) is 66.7 Å². The third-order valence-electron chi connectivity index (χ3n) is 4.08. The summed E-state index contributed by atoms with van der Waals surface area (Å²) in [5, 5.41) is 30.1. The van der Waals surface area contributed by atoms with Gasteiger partial charge in [-0.2, -0.15) is 0 Å². The van der Waals surface area contributed by atoms with Crippen molar-refractivity contribution in [3.63, 3.8) is 0 Å². The highest BCUT2D eigenvalue weighted by molar-refractivity contribution is 5.92. The van der Waals surface area contributed by atoms with Gasteiger partial charge in [-0.25, -0.2) is 9.59 Å². The van der Waals surface area contributed by atoms with Gasteiger partial charge in [0, 0.05) is 24.3 Å². The molecule has 0 aromatic heterocycles. The minimum atomic E-state index is -1.14. The molecule has 0 aliphatic carbocycles. The molecule has 0 atom stereocenters. The molecule has 0 saturated heterocycles. The molecule has 0 spiro atoms. The average molecular weight is 436 g/mol. The van der Waals surface area contributed by atoms with Gasteiger partial charge in [-0.1, -0.05) is 0 Å². The number of carbonyl (C=O) groups excluding carboxylic acids is 1. The maximum absolute atomic E-state index is 11.3. The molecule has 2 aromatic carbocycles. The van der Waals surface area contributed by atoms with Crippen LogP contribution in [0.25, 0.3) is 0 Å². The number of rotatable bonds is 6. The van der Waals surface area contributed by atoms with Crippen molar-refractivity contribution in [1.82, 2.24) is 0 Å². The highest BCUT2D eigenvalue weighted by Crippen LogP contribution is 2.31. The van der Waals surface area contributed by atoms with Gasteiger partial charge in [0.1, 0.15) is 0 Å². The van der Waals surface area contributed by atoms with Crippen LogP contribution in [0.2, 0.25) is 0 Å². The van der Waals surface area contributed by atoms with E-state index in [4.69, 9.17) is 14.6 Å². The summed E-state index contributed by atoms with van der Waals surface area (Å²) in [4.78, 5) is 42.2. The fourth-order valence-electron chi connectivity index (χ4n) is 2.52. The van der Waals surface area contributed by atoms with Gasteiger partial charge in [0.15, 0.2) is 11.5 Å². The predicted molar refractivity (Wildman–Crippen MR) is 107 cm³/mol. The molecule has 31 heavy (non-hydrogen) atoms. The Morgan fingerprint density at radius 2 is 1.19 bits per heavy atom. The minimum absolute atomic E-state index is 0.00236. The molecule has 2 aromatic rings. The standard InChI is InChI=1S/C10H11NO5.C9H9NO5/c1-6-4-8(11(13)14)9(15-2)5-7(6)10(12)16-3;1-5-3-7(10(13)14)8(15-2)4-6(5)9(11)12/h4-5H,1-3H3;3-4H,1-2H3,(H,11,12). The second-order valence-electron chi connectivity index (χ2n) is 5.99. The van der Waals surface area contributed by atoms with Gasteiger partial charge >= 0.3 is 23.3 Å². The summed E-state index contributed by atoms with van der Waals surface area (Å²) in [5.41, 5.74) is 0.643. The lowest BCUT2D eigenvalue weighted by Crippen LogP contribution is -2.05. The fourth-order valence-corrected chi connectivity index (χ4v) is 2.52. The van der Waals surface area contributed by atoms with Gasteiger partial charge in [-0.15, -0.1) is 0 Å². The molecule has 0 aliphatic heterocycles. The molecule has 0 aliphatic rings. The Bertz CT molecular complexity index is 1030. The molecule has 0 amide bonds. The molecular formula is C19H20N2O10. The van der Waals surface area contributed by atoms with Crippen LogP contribution < -0.4 is 9.47 Å². The van der Waals surface area contributed by atoms with E-state index in [1.807, 2.05) is 0 Å². The first-order valence-corrected chi connectivity index (χ1v) is 8.46. The maximum Gasteiger partial charge on any atom is 0.338 e. The molecule has 0 unspecified atom stereocenters. The Labute approximate surface area is 176 Å². The zero-order valence-corrected chi connectivity index (χ0v) is 17.3. The SMILES string of the molecule is COC(=O)c1cc(OC)c([N+](=O)[O-])cc1C.COc1cc(C(=O)O)c(C)cc1[N+](=O)[O-]. The normalized spacial score (nSPS) is 9.71. The van der Waals surface area contributed by atoms with Gasteiger partial charge in [0.05, 0.1) is 42.3 Å². The van der Waals surface area contributed by atoms with Gasteiger partial charge in [-0.05, 0) is 25.0 Å². The Kier molecular flexibility index (Phi) is 8.43. The van der Waals surface area contributed by atoms with Crippen molar-refractivity contribution in [2.45, 2.75) is 13.8 Å². The van der Waals surface area contributed by atoms with Crippen LogP contribution >= 0.6 is 0 Å². The zero-order chi connectivity index (χ0) is 23.9. The molecule has 0 heterocycles. The quantitative estimate of drug-likeness (QED) is 0.403. The predicted octanol–water partition coefficient (Wildman–Crippen LogP) is 3.31. The van der Waals surface area contributed by atoms with E-state index in [-0.39, 0.29) is 34.0 Å². The van der Waals surface area contributed by atoms with E-state index < -0.39 is 21.8 Å². The molecule has 166 valence electrons. The monoisotopic (exact) mass is 436 g/mol. The van der Waals surface area contributed by atoms with Crippen LogP contribution in [0.4, 0.5) is 11.4 Å². The van der Waals surface area contributed by atoms with Gasteiger partial charge in [0.25, 0.3) is 0 Å². The van der Waals surface area contributed by atoms with Crippen molar-refractivity contribution in [3.8, 4) is 11.5 Å². The van der Waals surface area contributed by atoms with E-state index in [1.165, 1.54) is 46.5 Å². The first-order chi connectivity index (χ1) is 14.5. The average Bonchev–Trinajstić information content (AvgIpc) is 2.72. The minimum Gasteiger partial charge on any atom is -0.490 e. The van der Waals surface area contributed by atoms with Crippen molar-refractivity contribution in [2.75, 3.05) is 21.3 Å². The van der Waals surface area contributed by atoms with Crippen molar-refractivity contribution >= 4 is 23.3 Å². The van der Waals surface area contributed by atoms with E-state index in [0.29, 0.717) is 11.1 Å². The smallest absolute Gasteiger partial charge is 0.338 e. The molecule has 0 saturated carbocycles. The van der Waals surface area contributed by atoms with Crippen molar-refractivity contribution < 1.29 is 38.8 Å². The summed E-state index contributed by atoms with van der Waals surface area (Å²) in [6.07, 6.45) is 0. The molecule has 0 fully saturated rings. The second kappa shape index (κ2) is 10.5. The van der Waals surface area contributed by atoms with Gasteiger partial charge in [-0.3, -0.25) is 20.2 Å². The van der Waals surface area contributed by atoms with Crippen LogP contribution in [0.5, 0.6) is 11.5 Å². The molecule has 0 radical (unpaired) electrons. The molecule has 12 heteroatoms. The number of methoxy groups -OCH3 is 3. The van der Waals surface area contributed by atoms with Gasteiger partial charge < -0.3 is 19.3 Å². The third-order valence-corrected chi connectivity index (χ3v) is 4.08. The Hall–Kier alpha value is -4.22. The molecule has 1 N–H and O–H groups in total. The first-order valence-electron chi connectivity index (χ1n) is 8.46. The molecule has 2 rings (SSSR count). The highest BCUT2D eigenvalue weighted by Gasteiger charge is 2.21. The summed E-state index contributed by atoms with van der Waals surface area (Å²) in [6, 6.07) is 4.92. The molecule has 12 nitrogen and oxygen atoms in total. The number of nitrogens with zero attached hydrogens (tertiary/aromatic N) is 2. The van der Waals surface area contributed by atoms with Crippen molar-refractivity contribution in [2.24, 2.45) is 0 Å². The van der Waals surface area contributed by atoms with Crippen LogP contribution in [0.3, 0.4) is 0 Å². The number of carboxylic acids is 1. The largest absolute Gasteiger partial charge is 0.490 e. The second-order valence-corrected chi connectivity index (χ2v) is 5.99. The maximum atomic E-state index is 11.3. The lowest BCUT2D eigenvalue weighted by atomic mass is 10.1. The summed E-state index contributed by atoms with van der Waals surface area (Å²) in [5.74, 6) is -1.70. The van der Waals surface area contributed by atoms with E-state index in [1.54, 1.807) is 6.92 Å². The highest BCUT2D eigenvalue weighted by atomic mass is 16.6. The van der Waals surface area contributed by atoms with E-state index in [9.17, 15) is 29.8 Å². The lowest BCUT2D eigenvalue weighted by molar-refractivity contribution is -0.385. The number of carbonyl (C=O) groups is 2. The Balaban J connectivity index is 0.000000311. The van der Waals surface area contributed by atoms with Crippen LogP contribution in [-0.4, -0.2) is 48.2 Å². The van der Waals surface area contributed by atoms with E-state index in [0.717, 1.165) is 6.07 Å². The summed E-state index contributed by atoms with van der Waals surface area (Å²) in [7, 11) is 3.80. The Morgan fingerprint density at radius 3 is 1.52 bits per heavy atom. The topological polar surface area (TPSA) is 168 Å². The third kappa shape index (κ3) is 5.88. The van der Waals surface area contributed by atoms with Crippen LogP contribution in [0.15, 0.2) is 24.3 Å². The number of ether oxygens (including phenoxy) is 3. The van der Waals surface area contributed by atoms with Crippen LogP contribution in [-0.2, 0) is 4.74 Å². The Morgan fingerprint density at radius 1 is 0.806 bits per heavy atom. The number of carboxylic acid groups (broad SMARTS) is 1. The number of nitro groups is 2. The van der Waals surface area contributed by atoms with Crippen molar-refractivity contribution in [1.29, 1.82) is 0 Å². The summed E-state index contributed by atoms with van der Waals surface area (Å²) >= 11 is 0. The summed E-state index contributed by atoms with van der Waals surface area (Å²) in [6.45, 7) is 3.09. The molecular weight excluding hydrogens is 416 g/mol. The first kappa shape index (κ1) is 24.8. The summed E-state index contributed by atoms with van der Waals surface area (Å²) < 4.78 is 14.1. The number of esters is 1. The number of hydrogen-bond acceptors (Lipinski definition) is 9. The fraction of sp³-hybridized carbons (Fsp3) is 0.263. The number of nitro benzene ring substituents is 2. The number of hydrogen-bond donors (Lipinski definition) is 1. The van der Waals surface area contributed by atoms with E-state index >= 15 is 0 Å². The number of aryl methyl sites for hydroxylation is 2. The lowest BCUT2D eigenvalue weighted by Gasteiger charge is -2.07. The van der Waals surface area contributed by atoms with Crippen LogP contribution in [0.1, 0.15) is 31.8 Å². The van der Waals surface area contributed by atoms with E-state index in [2.05, 4.69) is 4.74 Å². The zero-order valence-electron chi connectivity index (χ0n) is 17.3. The van der Waals surface area contributed by atoms with Crippen LogP contribution in [0, 0.1) is 34.1 Å². The van der Waals surface area contributed by atoms with Gasteiger partial charge in [0.2, 0.25) is 0 Å².